The van der Waals surface area contributed by atoms with Gasteiger partial charge in [0, 0.05) is 11.6 Å². The topological polar surface area (TPSA) is 61.8 Å². The first-order valence-electron chi connectivity index (χ1n) is 7.49. The van der Waals surface area contributed by atoms with Crippen LogP contribution in [0.1, 0.15) is 36.7 Å². The molecule has 0 N–H and O–H groups in total. The van der Waals surface area contributed by atoms with Crippen molar-refractivity contribution >= 4 is 11.9 Å². The van der Waals surface area contributed by atoms with Crippen LogP contribution in [0.15, 0.2) is 48.5 Å². The number of ether oxygens (including phenoxy) is 3. The summed E-state index contributed by atoms with van der Waals surface area (Å²) in [7, 11) is 1.49. The van der Waals surface area contributed by atoms with Crippen molar-refractivity contribution in [1.82, 2.24) is 0 Å². The monoisotopic (exact) mass is 328 g/mol. The number of hydrogen-bond donors (Lipinski definition) is 0. The van der Waals surface area contributed by atoms with Crippen molar-refractivity contribution in [2.75, 3.05) is 7.11 Å². The number of benzene rings is 2. The summed E-state index contributed by atoms with van der Waals surface area (Å²) in [6, 6.07) is 13.4. The molecule has 0 aliphatic carbocycles. The molecule has 0 saturated heterocycles. The molecule has 0 aromatic heterocycles. The van der Waals surface area contributed by atoms with Crippen LogP contribution in [0.25, 0.3) is 0 Å². The number of carbonyl (C=O) groups is 2. The van der Waals surface area contributed by atoms with Crippen LogP contribution < -0.4 is 9.47 Å². The average molecular weight is 328 g/mol. The van der Waals surface area contributed by atoms with Gasteiger partial charge in [0.05, 0.1) is 12.7 Å². The van der Waals surface area contributed by atoms with Gasteiger partial charge in [0.1, 0.15) is 17.1 Å². The second-order valence-corrected chi connectivity index (χ2v) is 6.12. The molecule has 2 rings (SSSR count). The van der Waals surface area contributed by atoms with Gasteiger partial charge >= 0.3 is 6.16 Å². The Morgan fingerprint density at radius 2 is 1.62 bits per heavy atom. The molecule has 126 valence electrons. The van der Waals surface area contributed by atoms with Gasteiger partial charge in [-0.2, -0.15) is 0 Å². The van der Waals surface area contributed by atoms with Gasteiger partial charge < -0.3 is 14.2 Å². The van der Waals surface area contributed by atoms with Gasteiger partial charge in [-0.3, -0.25) is 4.79 Å². The summed E-state index contributed by atoms with van der Waals surface area (Å²) in [5.74, 6) is 0.312. The minimum Gasteiger partial charge on any atom is -0.497 e. The molecule has 0 fully saturated rings. The van der Waals surface area contributed by atoms with Crippen molar-refractivity contribution in [3.05, 3.63) is 59.7 Å². The first-order chi connectivity index (χ1) is 11.3. The van der Waals surface area contributed by atoms with Gasteiger partial charge in [0.25, 0.3) is 0 Å². The van der Waals surface area contributed by atoms with Crippen LogP contribution in [0, 0.1) is 0 Å². The van der Waals surface area contributed by atoms with E-state index in [-0.39, 0.29) is 17.1 Å². The fourth-order valence-corrected chi connectivity index (χ4v) is 2.01. The minimum atomic E-state index is -0.877. The Balaban J connectivity index is 2.34. The molecule has 0 aliphatic heterocycles. The largest absolute Gasteiger partial charge is 0.514 e. The molecule has 2 aromatic carbocycles. The molecule has 5 heteroatoms. The van der Waals surface area contributed by atoms with Crippen LogP contribution in [0.4, 0.5) is 4.79 Å². The first kappa shape index (κ1) is 17.5. The van der Waals surface area contributed by atoms with E-state index in [0.717, 1.165) is 0 Å². The van der Waals surface area contributed by atoms with E-state index in [1.165, 1.54) is 13.2 Å². The van der Waals surface area contributed by atoms with Crippen LogP contribution in [-0.2, 0) is 4.74 Å². The fourth-order valence-electron chi connectivity index (χ4n) is 2.01. The van der Waals surface area contributed by atoms with Gasteiger partial charge in [-0.15, -0.1) is 0 Å². The number of rotatable bonds is 4. The fraction of sp³-hybridized carbons (Fsp3) is 0.263. The van der Waals surface area contributed by atoms with Crippen molar-refractivity contribution in [2.45, 2.75) is 26.4 Å². The zero-order valence-corrected chi connectivity index (χ0v) is 14.2. The van der Waals surface area contributed by atoms with Gasteiger partial charge in [-0.05, 0) is 32.9 Å². The zero-order valence-electron chi connectivity index (χ0n) is 14.2. The van der Waals surface area contributed by atoms with Crippen molar-refractivity contribution in [1.29, 1.82) is 0 Å². The summed E-state index contributed by atoms with van der Waals surface area (Å²) in [4.78, 5) is 24.6. The summed E-state index contributed by atoms with van der Waals surface area (Å²) >= 11 is 0. The summed E-state index contributed by atoms with van der Waals surface area (Å²) in [5.41, 5.74) is 0.0593. The molecule has 0 spiro atoms. The maximum atomic E-state index is 12.7. The van der Waals surface area contributed by atoms with Gasteiger partial charge in [-0.25, -0.2) is 4.79 Å². The Morgan fingerprint density at radius 3 is 2.21 bits per heavy atom. The van der Waals surface area contributed by atoms with Crippen LogP contribution in [0.3, 0.4) is 0 Å². The Hall–Kier alpha value is -2.82. The molecule has 0 radical (unpaired) electrons. The maximum absolute atomic E-state index is 12.7. The lowest BCUT2D eigenvalue weighted by molar-refractivity contribution is 0.0205. The Labute approximate surface area is 141 Å². The highest BCUT2D eigenvalue weighted by molar-refractivity contribution is 6.11. The Morgan fingerprint density at radius 1 is 0.958 bits per heavy atom. The quantitative estimate of drug-likeness (QED) is 0.477. The van der Waals surface area contributed by atoms with Crippen molar-refractivity contribution in [3.8, 4) is 11.5 Å². The van der Waals surface area contributed by atoms with Gasteiger partial charge in [0.2, 0.25) is 0 Å². The number of methoxy groups -OCH3 is 1. The van der Waals surface area contributed by atoms with Crippen molar-refractivity contribution in [3.63, 3.8) is 0 Å². The molecule has 2 aromatic rings. The van der Waals surface area contributed by atoms with Crippen LogP contribution in [0.5, 0.6) is 11.5 Å². The van der Waals surface area contributed by atoms with Crippen LogP contribution in [0.2, 0.25) is 0 Å². The van der Waals surface area contributed by atoms with E-state index in [2.05, 4.69) is 0 Å². The molecule has 24 heavy (non-hydrogen) atoms. The lowest BCUT2D eigenvalue weighted by Crippen LogP contribution is -2.26. The highest BCUT2D eigenvalue weighted by Crippen LogP contribution is 2.28. The molecule has 0 atom stereocenters. The highest BCUT2D eigenvalue weighted by atomic mass is 16.7. The number of ketones is 1. The standard InChI is InChI=1S/C19H20O5/c1-19(2,3)24-18(21)23-16-12-14(22-4)10-11-15(16)17(20)13-8-6-5-7-9-13/h5-12H,1-4H3. The molecule has 0 bridgehead atoms. The summed E-state index contributed by atoms with van der Waals surface area (Å²) < 4.78 is 15.5. The molecule has 0 amide bonds. The van der Waals surface area contributed by atoms with E-state index in [9.17, 15) is 9.59 Å². The third-order valence-electron chi connectivity index (χ3n) is 3.05. The molecule has 0 saturated carbocycles. The SMILES string of the molecule is COc1ccc(C(=O)c2ccccc2)c(OC(=O)OC(C)(C)C)c1. The van der Waals surface area contributed by atoms with E-state index in [1.807, 2.05) is 6.07 Å². The molecule has 0 aliphatic rings. The minimum absolute atomic E-state index is 0.0949. The van der Waals surface area contributed by atoms with Gasteiger partial charge in [0.15, 0.2) is 5.78 Å². The summed E-state index contributed by atoms with van der Waals surface area (Å²) in [6.45, 7) is 5.20. The summed E-state index contributed by atoms with van der Waals surface area (Å²) in [5, 5.41) is 0. The normalized spacial score (nSPS) is 10.8. The Kier molecular flexibility index (Phi) is 5.24. The second-order valence-electron chi connectivity index (χ2n) is 6.12. The Bertz CT molecular complexity index is 729. The van der Waals surface area contributed by atoms with E-state index < -0.39 is 11.8 Å². The second kappa shape index (κ2) is 7.17. The smallest absolute Gasteiger partial charge is 0.497 e. The summed E-state index contributed by atoms with van der Waals surface area (Å²) in [6.07, 6.45) is -0.877. The first-order valence-corrected chi connectivity index (χ1v) is 7.49. The van der Waals surface area contributed by atoms with E-state index in [1.54, 1.807) is 57.2 Å². The molecule has 0 unspecified atom stereocenters. The zero-order chi connectivity index (χ0) is 17.7. The lowest BCUT2D eigenvalue weighted by Gasteiger charge is -2.19. The number of carbonyl (C=O) groups excluding carboxylic acids is 2. The maximum Gasteiger partial charge on any atom is 0.514 e. The van der Waals surface area contributed by atoms with Crippen LogP contribution in [-0.4, -0.2) is 24.6 Å². The average Bonchev–Trinajstić information content (AvgIpc) is 2.53. The number of hydrogen-bond acceptors (Lipinski definition) is 5. The predicted octanol–water partition coefficient (Wildman–Crippen LogP) is 4.24. The van der Waals surface area contributed by atoms with Gasteiger partial charge in [-0.1, -0.05) is 30.3 Å². The predicted molar refractivity (Wildman–Crippen MR) is 89.7 cm³/mol. The van der Waals surface area contributed by atoms with E-state index in [4.69, 9.17) is 14.2 Å². The van der Waals surface area contributed by atoms with E-state index in [0.29, 0.717) is 11.3 Å². The molecule has 0 heterocycles. The molecular formula is C19H20O5. The van der Waals surface area contributed by atoms with Crippen molar-refractivity contribution in [2.24, 2.45) is 0 Å². The third-order valence-corrected chi connectivity index (χ3v) is 3.05. The highest BCUT2D eigenvalue weighted by Gasteiger charge is 2.22. The van der Waals surface area contributed by atoms with Crippen LogP contribution >= 0.6 is 0 Å². The molecular weight excluding hydrogens is 308 g/mol. The molecule has 5 nitrogen and oxygen atoms in total. The third kappa shape index (κ3) is 4.59. The van der Waals surface area contributed by atoms with Crippen molar-refractivity contribution < 1.29 is 23.8 Å². The lowest BCUT2D eigenvalue weighted by atomic mass is 10.0. The van der Waals surface area contributed by atoms with E-state index >= 15 is 0 Å².